The van der Waals surface area contributed by atoms with Crippen LogP contribution in [-0.2, 0) is 30.1 Å². The van der Waals surface area contributed by atoms with E-state index in [0.29, 0.717) is 0 Å². The zero-order chi connectivity index (χ0) is 6.78. The van der Waals surface area contributed by atoms with Crippen molar-refractivity contribution in [3.8, 4) is 0 Å². The minimum atomic E-state index is -1.99. The monoisotopic (exact) mass is 305 g/mol. The maximum atomic E-state index is 10.7. The van der Waals surface area contributed by atoms with Crippen molar-refractivity contribution in [2.24, 2.45) is 0 Å². The van der Waals surface area contributed by atoms with Crippen LogP contribution >= 0.6 is 0 Å². The molecule has 0 fully saturated rings. The van der Waals surface area contributed by atoms with Crippen LogP contribution in [-0.4, -0.2) is 16.4 Å². The molecule has 1 N–H and O–H groups in total. The molecule has 0 aromatic heterocycles. The van der Waals surface area contributed by atoms with Gasteiger partial charge in [0.15, 0.2) is 0 Å². The molecule has 1 atom stereocenters. The summed E-state index contributed by atoms with van der Waals surface area (Å²) in [7, 11) is -1.99. The van der Waals surface area contributed by atoms with Crippen molar-refractivity contribution in [1.82, 2.24) is 4.72 Å². The fourth-order valence-electron chi connectivity index (χ4n) is 0.261. The van der Waals surface area contributed by atoms with Gasteiger partial charge in [0.25, 0.3) is 0 Å². The first-order chi connectivity index (χ1) is 3.42. The van der Waals surface area contributed by atoms with Crippen molar-refractivity contribution < 1.29 is 27.0 Å². The van der Waals surface area contributed by atoms with Crippen LogP contribution in [0.3, 0.4) is 0 Å². The van der Waals surface area contributed by atoms with Crippen molar-refractivity contribution in [3.05, 3.63) is 0 Å². The molecule has 0 aliphatic heterocycles. The predicted molar refractivity (Wildman–Crippen MR) is 27.9 cm³/mol. The van der Waals surface area contributed by atoms with Gasteiger partial charge in [0, 0.05) is 0 Å². The summed E-state index contributed by atoms with van der Waals surface area (Å²) in [5, 5.41) is 0. The Hall–Kier alpha value is 0.308. The van der Waals surface area contributed by atoms with Gasteiger partial charge in [-0.15, -0.1) is 0 Å². The summed E-state index contributed by atoms with van der Waals surface area (Å²) in [6.07, 6.45) is 1.52. The summed E-state index contributed by atoms with van der Waals surface area (Å²) in [4.78, 5) is 10.2. The van der Waals surface area contributed by atoms with Gasteiger partial charge >= 0.3 is 58.1 Å². The summed E-state index contributed by atoms with van der Waals surface area (Å²) in [6, 6.07) is 0. The second-order valence-electron chi connectivity index (χ2n) is 1.43. The fourth-order valence-corrected chi connectivity index (χ4v) is 2.05. The van der Waals surface area contributed by atoms with Gasteiger partial charge in [0.05, 0.1) is 0 Å². The van der Waals surface area contributed by atoms with Gasteiger partial charge in [-0.2, -0.15) is 0 Å². The Bertz CT molecular complexity index is 183. The van der Waals surface area contributed by atoms with E-state index < -0.39 is 7.31 Å². The Kier molecular flexibility index (Phi) is 2.84. The first-order valence-corrected chi connectivity index (χ1v) is 7.38. The topological polar surface area (TPSA) is 46.2 Å². The van der Waals surface area contributed by atoms with Crippen molar-refractivity contribution >= 4 is 13.2 Å². The summed E-state index contributed by atoms with van der Waals surface area (Å²) >= 11 is 0.905. The Balaban J connectivity index is 3.95. The molecular formula is C3H7NO2SW. The molecular weight excluding hydrogens is 298 g/mol. The number of carbonyl (C=O) groups excluding carboxylic acids is 1. The molecule has 0 aromatic rings. The number of hydrogen-bond acceptors (Lipinski definition) is 2. The van der Waals surface area contributed by atoms with Crippen LogP contribution < -0.4 is 4.72 Å². The van der Waals surface area contributed by atoms with Crippen molar-refractivity contribution in [2.45, 2.75) is 6.92 Å². The van der Waals surface area contributed by atoms with Gasteiger partial charge < -0.3 is 0 Å². The van der Waals surface area contributed by atoms with E-state index in [2.05, 4.69) is 4.72 Å². The molecule has 48 valence electrons. The Labute approximate surface area is 58.3 Å². The second-order valence-corrected chi connectivity index (χ2v) is 10.0. The zero-order valence-electron chi connectivity index (χ0n) is 4.63. The van der Waals surface area contributed by atoms with E-state index in [1.54, 1.807) is 0 Å². The molecule has 0 rings (SSSR count). The Morgan fingerprint density at radius 1 is 1.75 bits per heavy atom. The number of nitrogens with one attached hydrogen (secondary N) is 1. The van der Waals surface area contributed by atoms with Crippen LogP contribution in [0.25, 0.3) is 0 Å². The third kappa shape index (κ3) is 6.31. The van der Waals surface area contributed by atoms with Crippen molar-refractivity contribution in [3.63, 3.8) is 0 Å². The van der Waals surface area contributed by atoms with E-state index in [1.165, 1.54) is 13.2 Å². The second kappa shape index (κ2) is 2.74. The molecule has 0 saturated heterocycles. The first kappa shape index (κ1) is 8.31. The molecule has 0 aliphatic carbocycles. The van der Waals surface area contributed by atoms with Crippen LogP contribution in [0.4, 0.5) is 0 Å². The van der Waals surface area contributed by atoms with Crippen molar-refractivity contribution in [1.29, 1.82) is 0 Å². The van der Waals surface area contributed by atoms with Gasteiger partial charge in [-0.1, -0.05) is 0 Å². The SMILES string of the molecule is CC(=O)N[S](C)(=O)=[W]. The van der Waals surface area contributed by atoms with E-state index in [9.17, 15) is 9.00 Å². The zero-order valence-corrected chi connectivity index (χ0v) is 8.38. The molecule has 0 bridgehead atoms. The number of hydrogen-bond donors (Lipinski definition) is 1. The van der Waals surface area contributed by atoms with Crippen molar-refractivity contribution in [2.75, 3.05) is 6.26 Å². The van der Waals surface area contributed by atoms with Gasteiger partial charge in [0.1, 0.15) is 0 Å². The third-order valence-electron chi connectivity index (χ3n) is 0.329. The number of amides is 1. The molecule has 0 saturated carbocycles. The predicted octanol–water partition coefficient (Wildman–Crippen LogP) is -0.587. The average Bonchev–Trinajstić information content (AvgIpc) is 1.21. The van der Waals surface area contributed by atoms with E-state index in [1.807, 2.05) is 0 Å². The fraction of sp³-hybridized carbons (Fsp3) is 0.667. The van der Waals surface area contributed by atoms with E-state index >= 15 is 0 Å². The van der Waals surface area contributed by atoms with Gasteiger partial charge in [0.2, 0.25) is 0 Å². The molecule has 8 heavy (non-hydrogen) atoms. The van der Waals surface area contributed by atoms with Crippen LogP contribution in [0.5, 0.6) is 0 Å². The van der Waals surface area contributed by atoms with Crippen LogP contribution in [0.2, 0.25) is 0 Å². The van der Waals surface area contributed by atoms with E-state index in [4.69, 9.17) is 0 Å². The maximum absolute atomic E-state index is 10.7. The third-order valence-corrected chi connectivity index (χ3v) is 1.89. The molecule has 0 radical (unpaired) electrons. The molecule has 0 spiro atoms. The summed E-state index contributed by atoms with van der Waals surface area (Å²) < 4.78 is 13.0. The van der Waals surface area contributed by atoms with Gasteiger partial charge in [-0.05, 0) is 0 Å². The van der Waals surface area contributed by atoms with Crippen LogP contribution in [0.15, 0.2) is 0 Å². The summed E-state index contributed by atoms with van der Waals surface area (Å²) in [5.41, 5.74) is 0. The molecule has 0 heterocycles. The van der Waals surface area contributed by atoms with Crippen LogP contribution in [0, 0.1) is 0 Å². The normalized spacial score (nSPS) is 16.8. The average molecular weight is 305 g/mol. The molecule has 0 aliphatic rings. The quantitative estimate of drug-likeness (QED) is 0.704. The van der Waals surface area contributed by atoms with Gasteiger partial charge in [-0.3, -0.25) is 0 Å². The number of rotatable bonds is 1. The van der Waals surface area contributed by atoms with E-state index in [0.717, 1.165) is 18.0 Å². The minimum absolute atomic E-state index is 0.229. The Morgan fingerprint density at radius 3 is 2.12 bits per heavy atom. The number of carbonyl (C=O) groups is 1. The van der Waals surface area contributed by atoms with Gasteiger partial charge in [-0.25, -0.2) is 0 Å². The molecule has 3 nitrogen and oxygen atoms in total. The first-order valence-electron chi connectivity index (χ1n) is 1.90. The standard InChI is InChI=1S/C3H7NO2S.W/c1-3(5)4-7(2)6;/h1-2H3,(H,4,5);. The molecule has 5 heteroatoms. The molecule has 0 aromatic carbocycles. The van der Waals surface area contributed by atoms with E-state index in [-0.39, 0.29) is 5.91 Å². The Morgan fingerprint density at radius 2 is 2.12 bits per heavy atom. The molecule has 1 amide bonds. The molecule has 1 unspecified atom stereocenters. The summed E-state index contributed by atoms with van der Waals surface area (Å²) in [6.45, 7) is 1.35. The summed E-state index contributed by atoms with van der Waals surface area (Å²) in [5.74, 6) is -0.229. The van der Waals surface area contributed by atoms with Crippen LogP contribution in [0.1, 0.15) is 6.92 Å².